The first kappa shape index (κ1) is 17.8. The van der Waals surface area contributed by atoms with Gasteiger partial charge >= 0.3 is 0 Å². The van der Waals surface area contributed by atoms with E-state index in [-0.39, 0.29) is 0 Å². The van der Waals surface area contributed by atoms with Gasteiger partial charge in [0.2, 0.25) is 5.78 Å². The molecule has 1 aliphatic heterocycles. The monoisotopic (exact) mass is 379 g/mol. The Labute approximate surface area is 162 Å². The summed E-state index contributed by atoms with van der Waals surface area (Å²) in [7, 11) is 0. The van der Waals surface area contributed by atoms with Crippen molar-refractivity contribution in [2.45, 2.75) is 13.5 Å². The molecular weight excluding hydrogens is 358 g/mol. The molecule has 0 aliphatic carbocycles. The fourth-order valence-electron chi connectivity index (χ4n) is 3.26. The lowest BCUT2D eigenvalue weighted by molar-refractivity contribution is -0.128. The Hall–Kier alpha value is -2.57. The van der Waals surface area contributed by atoms with Crippen LogP contribution in [0.4, 0.5) is 0 Å². The van der Waals surface area contributed by atoms with Crippen LogP contribution >= 0.6 is 11.3 Å². The Morgan fingerprint density at radius 1 is 1.00 bits per heavy atom. The minimum absolute atomic E-state index is 0.404. The summed E-state index contributed by atoms with van der Waals surface area (Å²) >= 11 is 1.71. The van der Waals surface area contributed by atoms with Crippen LogP contribution in [-0.2, 0) is 11.3 Å². The summed E-state index contributed by atoms with van der Waals surface area (Å²) in [6.07, 6.45) is 0. The van der Waals surface area contributed by atoms with Gasteiger partial charge in [-0.25, -0.2) is 4.98 Å². The Balaban J connectivity index is 1.34. The quantitative estimate of drug-likeness (QED) is 0.516. The van der Waals surface area contributed by atoms with E-state index in [0.717, 1.165) is 35.7 Å². The molecule has 138 valence electrons. The van der Waals surface area contributed by atoms with Crippen LogP contribution in [0.15, 0.2) is 48.5 Å². The molecule has 6 heteroatoms. The molecule has 0 atom stereocenters. The number of carbonyl (C=O) groups excluding carboxylic acids is 2. The van der Waals surface area contributed by atoms with Gasteiger partial charge in [-0.15, -0.1) is 11.3 Å². The number of benzene rings is 2. The van der Waals surface area contributed by atoms with E-state index >= 15 is 0 Å². The predicted molar refractivity (Wildman–Crippen MR) is 107 cm³/mol. The van der Waals surface area contributed by atoms with E-state index in [1.807, 2.05) is 37.3 Å². The lowest BCUT2D eigenvalue weighted by atomic mass is 10.1. The second-order valence-corrected chi connectivity index (χ2v) is 7.95. The van der Waals surface area contributed by atoms with Crippen LogP contribution < -0.4 is 0 Å². The van der Waals surface area contributed by atoms with Crippen molar-refractivity contribution in [2.24, 2.45) is 0 Å². The Morgan fingerprint density at radius 2 is 1.70 bits per heavy atom. The first-order valence-corrected chi connectivity index (χ1v) is 9.89. The van der Waals surface area contributed by atoms with Gasteiger partial charge in [0.1, 0.15) is 5.01 Å². The zero-order chi connectivity index (χ0) is 18.8. The molecule has 1 amide bonds. The first-order chi connectivity index (χ1) is 13.1. The molecule has 5 nitrogen and oxygen atoms in total. The number of aryl methyl sites for hydroxylation is 1. The summed E-state index contributed by atoms with van der Waals surface area (Å²) in [5, 5.41) is 1.09. The highest BCUT2D eigenvalue weighted by molar-refractivity contribution is 7.18. The molecule has 0 radical (unpaired) electrons. The van der Waals surface area contributed by atoms with Crippen LogP contribution in [0.5, 0.6) is 0 Å². The zero-order valence-corrected chi connectivity index (χ0v) is 16.0. The molecule has 0 bridgehead atoms. The minimum atomic E-state index is -0.422. The van der Waals surface area contributed by atoms with E-state index in [1.54, 1.807) is 28.4 Å². The molecule has 1 saturated heterocycles. The Morgan fingerprint density at radius 3 is 2.41 bits per heavy atom. The van der Waals surface area contributed by atoms with Gasteiger partial charge in [-0.1, -0.05) is 42.0 Å². The van der Waals surface area contributed by atoms with E-state index < -0.39 is 11.7 Å². The van der Waals surface area contributed by atoms with Crippen molar-refractivity contribution >= 4 is 33.2 Å². The fourth-order valence-corrected chi connectivity index (χ4v) is 4.27. The molecule has 1 fully saturated rings. The predicted octanol–water partition coefficient (Wildman–Crippen LogP) is 3.13. The average molecular weight is 379 g/mol. The second kappa shape index (κ2) is 7.58. The summed E-state index contributed by atoms with van der Waals surface area (Å²) in [4.78, 5) is 33.6. The van der Waals surface area contributed by atoms with Crippen molar-refractivity contribution in [3.63, 3.8) is 0 Å². The highest BCUT2D eigenvalue weighted by Crippen LogP contribution is 2.23. The first-order valence-electron chi connectivity index (χ1n) is 9.07. The second-order valence-electron chi connectivity index (χ2n) is 6.84. The van der Waals surface area contributed by atoms with Gasteiger partial charge in [0.05, 0.1) is 16.8 Å². The molecule has 0 unspecified atom stereocenters. The van der Waals surface area contributed by atoms with Gasteiger partial charge in [0, 0.05) is 31.7 Å². The number of hydrogen-bond acceptors (Lipinski definition) is 5. The number of ketones is 1. The maximum Gasteiger partial charge on any atom is 0.295 e. The van der Waals surface area contributed by atoms with Crippen molar-refractivity contribution in [1.29, 1.82) is 0 Å². The Kier molecular flexibility index (Phi) is 5.01. The third-order valence-electron chi connectivity index (χ3n) is 4.86. The summed E-state index contributed by atoms with van der Waals surface area (Å²) in [6, 6.07) is 15.3. The minimum Gasteiger partial charge on any atom is -0.333 e. The summed E-state index contributed by atoms with van der Waals surface area (Å²) in [5.41, 5.74) is 2.57. The van der Waals surface area contributed by atoms with Crippen LogP contribution in [0, 0.1) is 6.92 Å². The van der Waals surface area contributed by atoms with Crippen molar-refractivity contribution in [3.05, 3.63) is 64.7 Å². The number of amides is 1. The molecule has 2 heterocycles. The summed E-state index contributed by atoms with van der Waals surface area (Å²) in [5.74, 6) is -0.826. The number of hydrogen-bond donors (Lipinski definition) is 0. The number of aromatic nitrogens is 1. The van der Waals surface area contributed by atoms with E-state index in [2.05, 4.69) is 16.0 Å². The highest BCUT2D eigenvalue weighted by Gasteiger charge is 2.27. The third kappa shape index (κ3) is 3.91. The van der Waals surface area contributed by atoms with Gasteiger partial charge in [-0.3, -0.25) is 14.5 Å². The number of rotatable bonds is 4. The molecule has 0 saturated carbocycles. The highest BCUT2D eigenvalue weighted by atomic mass is 32.1. The lowest BCUT2D eigenvalue weighted by Crippen LogP contribution is -2.50. The van der Waals surface area contributed by atoms with Crippen LogP contribution in [0.2, 0.25) is 0 Å². The molecule has 2 aromatic carbocycles. The number of para-hydroxylation sites is 1. The van der Waals surface area contributed by atoms with Crippen molar-refractivity contribution in [1.82, 2.24) is 14.8 Å². The van der Waals surface area contributed by atoms with Crippen molar-refractivity contribution < 1.29 is 9.59 Å². The normalized spacial score (nSPS) is 15.2. The molecule has 27 heavy (non-hydrogen) atoms. The van der Waals surface area contributed by atoms with E-state index in [9.17, 15) is 9.59 Å². The van der Waals surface area contributed by atoms with Crippen molar-refractivity contribution in [2.75, 3.05) is 26.2 Å². The maximum atomic E-state index is 12.5. The maximum absolute atomic E-state index is 12.5. The smallest absolute Gasteiger partial charge is 0.295 e. The number of thiazole rings is 1. The number of piperazine rings is 1. The molecule has 4 rings (SSSR count). The van der Waals surface area contributed by atoms with Gasteiger partial charge in [0.25, 0.3) is 5.91 Å². The standard InChI is InChI=1S/C21H21N3O2S/c1-15-6-8-16(9-7-15)20(25)21(26)24-12-10-23(11-13-24)14-19-22-17-4-2-3-5-18(17)27-19/h2-9H,10-14H2,1H3. The van der Waals surface area contributed by atoms with E-state index in [0.29, 0.717) is 18.7 Å². The van der Waals surface area contributed by atoms with Gasteiger partial charge in [-0.05, 0) is 19.1 Å². The molecule has 3 aromatic rings. The average Bonchev–Trinajstić information content (AvgIpc) is 3.10. The number of Topliss-reactive ketones (excluding diaryl/α,β-unsaturated/α-hetero) is 1. The fraction of sp³-hybridized carbons (Fsp3) is 0.286. The van der Waals surface area contributed by atoms with Crippen LogP contribution in [0.3, 0.4) is 0 Å². The SMILES string of the molecule is Cc1ccc(C(=O)C(=O)N2CCN(Cc3nc4ccccc4s3)CC2)cc1. The largest absolute Gasteiger partial charge is 0.333 e. The van der Waals surface area contributed by atoms with Crippen LogP contribution in [0.25, 0.3) is 10.2 Å². The summed E-state index contributed by atoms with van der Waals surface area (Å²) in [6.45, 7) is 5.39. The van der Waals surface area contributed by atoms with Gasteiger partial charge in [0.15, 0.2) is 0 Å². The van der Waals surface area contributed by atoms with E-state index in [4.69, 9.17) is 0 Å². The molecule has 1 aromatic heterocycles. The molecule has 1 aliphatic rings. The molecular formula is C21H21N3O2S. The Bertz CT molecular complexity index is 940. The van der Waals surface area contributed by atoms with Crippen LogP contribution in [0.1, 0.15) is 20.9 Å². The number of nitrogens with zero attached hydrogens (tertiary/aromatic N) is 3. The van der Waals surface area contributed by atoms with E-state index in [1.165, 1.54) is 4.70 Å². The van der Waals surface area contributed by atoms with Crippen LogP contribution in [-0.4, -0.2) is 52.7 Å². The summed E-state index contributed by atoms with van der Waals surface area (Å²) < 4.78 is 1.20. The molecule has 0 N–H and O–H groups in total. The van der Waals surface area contributed by atoms with Gasteiger partial charge in [-0.2, -0.15) is 0 Å². The topological polar surface area (TPSA) is 53.5 Å². The van der Waals surface area contributed by atoms with Gasteiger partial charge < -0.3 is 4.90 Å². The lowest BCUT2D eigenvalue weighted by Gasteiger charge is -2.33. The van der Waals surface area contributed by atoms with Crippen molar-refractivity contribution in [3.8, 4) is 0 Å². The zero-order valence-electron chi connectivity index (χ0n) is 15.2. The molecule has 0 spiro atoms. The number of fused-ring (bicyclic) bond motifs is 1. The third-order valence-corrected chi connectivity index (χ3v) is 5.89. The number of carbonyl (C=O) groups is 2.